The Kier molecular flexibility index (Phi) is 9.95. The lowest BCUT2D eigenvalue weighted by molar-refractivity contribution is 0.0522. The summed E-state index contributed by atoms with van der Waals surface area (Å²) in [5.41, 5.74) is 3.93. The molecule has 1 aromatic rings. The van der Waals surface area contributed by atoms with Gasteiger partial charge in [-0.1, -0.05) is 48.5 Å². The molecule has 25 heavy (non-hydrogen) atoms. The fourth-order valence-corrected chi connectivity index (χ4v) is 3.30. The summed E-state index contributed by atoms with van der Waals surface area (Å²) in [5.74, 6) is -0.334. The summed E-state index contributed by atoms with van der Waals surface area (Å²) in [5, 5.41) is 10.5. The number of pyridine rings is 1. The molecule has 0 aliphatic heterocycles. The van der Waals surface area contributed by atoms with E-state index in [2.05, 4.69) is 18.8 Å². The van der Waals surface area contributed by atoms with E-state index >= 15 is 0 Å². The van der Waals surface area contributed by atoms with Gasteiger partial charge >= 0.3 is 5.97 Å². The maximum atomic E-state index is 12.2. The highest BCUT2D eigenvalue weighted by Crippen LogP contribution is 2.42. The van der Waals surface area contributed by atoms with E-state index in [0.29, 0.717) is 25.0 Å². The average molecular weight is 352 g/mol. The molecule has 0 amide bonds. The molecule has 0 spiro atoms. The second-order valence-corrected chi connectivity index (χ2v) is 6.55. The van der Waals surface area contributed by atoms with Crippen molar-refractivity contribution >= 4 is 5.97 Å². The Morgan fingerprint density at radius 2 is 1.80 bits per heavy atom. The second-order valence-electron chi connectivity index (χ2n) is 6.55. The van der Waals surface area contributed by atoms with Crippen LogP contribution in [0.4, 0.5) is 0 Å². The van der Waals surface area contributed by atoms with E-state index in [1.807, 2.05) is 41.5 Å². The number of carbonyl (C=O) groups is 1. The van der Waals surface area contributed by atoms with E-state index in [9.17, 15) is 9.90 Å². The molecule has 1 atom stereocenters. The fraction of sp³-hybridized carbons (Fsp3) is 0.714. The lowest BCUT2D eigenvalue weighted by atomic mass is 9.73. The van der Waals surface area contributed by atoms with Crippen LogP contribution in [0.15, 0.2) is 0 Å². The van der Waals surface area contributed by atoms with Crippen LogP contribution in [0.1, 0.15) is 101 Å². The third-order valence-electron chi connectivity index (χ3n) is 4.19. The van der Waals surface area contributed by atoms with Crippen molar-refractivity contribution in [2.75, 3.05) is 6.61 Å². The first-order chi connectivity index (χ1) is 11.8. The summed E-state index contributed by atoms with van der Waals surface area (Å²) >= 11 is 0. The molecule has 1 N–H and O–H groups in total. The first kappa shape index (κ1) is 23.6. The van der Waals surface area contributed by atoms with Crippen LogP contribution in [0.3, 0.4) is 0 Å². The van der Waals surface area contributed by atoms with E-state index in [1.165, 1.54) is 0 Å². The topological polar surface area (TPSA) is 59.4 Å². The van der Waals surface area contributed by atoms with Crippen molar-refractivity contribution < 1.29 is 14.6 Å². The monoisotopic (exact) mass is 351 g/mol. The van der Waals surface area contributed by atoms with Crippen molar-refractivity contribution in [3.8, 4) is 0 Å². The summed E-state index contributed by atoms with van der Waals surface area (Å²) < 4.78 is 5.16. The van der Waals surface area contributed by atoms with Crippen LogP contribution in [-0.4, -0.2) is 22.7 Å². The predicted molar refractivity (Wildman–Crippen MR) is 104 cm³/mol. The molecule has 1 aliphatic rings. The lowest BCUT2D eigenvalue weighted by Crippen LogP contribution is -2.29. The molecule has 0 saturated carbocycles. The Labute approximate surface area is 154 Å². The summed E-state index contributed by atoms with van der Waals surface area (Å²) in [6.45, 7) is 18.3. The molecule has 4 heteroatoms. The fourth-order valence-electron chi connectivity index (χ4n) is 3.30. The SMILES string of the molecule is CC.CC.CCOC(=O)c1c(CC)nc2c(c1C)C(O)CC(C)(C)C2. The third-order valence-corrected chi connectivity index (χ3v) is 4.19. The highest BCUT2D eigenvalue weighted by molar-refractivity contribution is 5.92. The van der Waals surface area contributed by atoms with Gasteiger partial charge in [0.05, 0.1) is 24.0 Å². The van der Waals surface area contributed by atoms with Crippen molar-refractivity contribution in [1.82, 2.24) is 4.98 Å². The summed E-state index contributed by atoms with van der Waals surface area (Å²) in [6, 6.07) is 0. The van der Waals surface area contributed by atoms with Gasteiger partial charge in [0.1, 0.15) is 0 Å². The van der Waals surface area contributed by atoms with Gasteiger partial charge in [0, 0.05) is 11.3 Å². The highest BCUT2D eigenvalue weighted by Gasteiger charge is 2.35. The van der Waals surface area contributed by atoms with Crippen LogP contribution in [0, 0.1) is 12.3 Å². The molecule has 1 unspecified atom stereocenters. The number of aryl methyl sites for hydroxylation is 1. The van der Waals surface area contributed by atoms with E-state index in [1.54, 1.807) is 6.92 Å². The number of aliphatic hydroxyl groups is 1. The first-order valence-electron chi connectivity index (χ1n) is 9.68. The number of ether oxygens (including phenoxy) is 1. The van der Waals surface area contributed by atoms with Crippen molar-refractivity contribution in [2.45, 2.75) is 87.7 Å². The molecular weight excluding hydrogens is 314 g/mol. The zero-order valence-electron chi connectivity index (χ0n) is 17.6. The molecule has 2 rings (SSSR count). The zero-order valence-corrected chi connectivity index (χ0v) is 17.6. The number of aromatic nitrogens is 1. The van der Waals surface area contributed by atoms with E-state index in [0.717, 1.165) is 28.9 Å². The maximum Gasteiger partial charge on any atom is 0.340 e. The number of fused-ring (bicyclic) bond motifs is 1. The molecule has 0 bridgehead atoms. The standard InChI is InChI=1S/C17H25NO3.2C2H6/c1-6-11-15(16(20)21-7-2)10(3)14-12(18-11)8-17(4,5)9-13(14)19;2*1-2/h13,19H,6-9H2,1-5H3;2*1-2H3. The smallest absolute Gasteiger partial charge is 0.340 e. The van der Waals surface area contributed by atoms with E-state index < -0.39 is 6.10 Å². The molecular formula is C21H37NO3. The molecule has 4 nitrogen and oxygen atoms in total. The number of hydrogen-bond donors (Lipinski definition) is 1. The second kappa shape index (κ2) is 10.5. The summed E-state index contributed by atoms with van der Waals surface area (Å²) in [6.07, 6.45) is 1.64. The van der Waals surface area contributed by atoms with E-state index in [4.69, 9.17) is 4.74 Å². The number of hydrogen-bond acceptors (Lipinski definition) is 4. The van der Waals surface area contributed by atoms with Crippen LogP contribution in [0.2, 0.25) is 0 Å². The number of esters is 1. The highest BCUT2D eigenvalue weighted by atomic mass is 16.5. The minimum atomic E-state index is -0.560. The van der Waals surface area contributed by atoms with Gasteiger partial charge in [-0.25, -0.2) is 4.79 Å². The number of rotatable bonds is 3. The first-order valence-corrected chi connectivity index (χ1v) is 9.68. The van der Waals surface area contributed by atoms with Crippen LogP contribution < -0.4 is 0 Å². The number of nitrogens with zero attached hydrogens (tertiary/aromatic N) is 1. The van der Waals surface area contributed by atoms with Gasteiger partial charge in [-0.15, -0.1) is 0 Å². The molecule has 0 saturated heterocycles. The molecule has 0 radical (unpaired) electrons. The Morgan fingerprint density at radius 1 is 1.24 bits per heavy atom. The average Bonchev–Trinajstić information content (AvgIpc) is 2.56. The van der Waals surface area contributed by atoms with Crippen molar-refractivity contribution in [3.05, 3.63) is 28.1 Å². The minimum Gasteiger partial charge on any atom is -0.462 e. The molecule has 0 fully saturated rings. The van der Waals surface area contributed by atoms with Crippen molar-refractivity contribution in [2.24, 2.45) is 5.41 Å². The van der Waals surface area contributed by atoms with Crippen LogP contribution >= 0.6 is 0 Å². The van der Waals surface area contributed by atoms with Crippen LogP contribution in [-0.2, 0) is 17.6 Å². The van der Waals surface area contributed by atoms with Gasteiger partial charge in [-0.3, -0.25) is 4.98 Å². The molecule has 1 aromatic heterocycles. The van der Waals surface area contributed by atoms with E-state index in [-0.39, 0.29) is 11.4 Å². The van der Waals surface area contributed by atoms with Gasteiger partial charge in [0.2, 0.25) is 0 Å². The van der Waals surface area contributed by atoms with Crippen molar-refractivity contribution in [1.29, 1.82) is 0 Å². The molecule has 1 aliphatic carbocycles. The number of aliphatic hydroxyl groups excluding tert-OH is 1. The Morgan fingerprint density at radius 3 is 2.28 bits per heavy atom. The van der Waals surface area contributed by atoms with Crippen LogP contribution in [0.25, 0.3) is 0 Å². The Bertz CT molecular complexity index is 565. The molecule has 1 heterocycles. The summed E-state index contributed by atoms with van der Waals surface area (Å²) in [7, 11) is 0. The molecule has 144 valence electrons. The number of carbonyl (C=O) groups excluding carboxylic acids is 1. The Balaban J connectivity index is 0.00000134. The molecule has 0 aromatic carbocycles. The normalized spacial score (nSPS) is 17.3. The zero-order chi connectivity index (χ0) is 19.8. The van der Waals surface area contributed by atoms with Gasteiger partial charge in [-0.05, 0) is 44.1 Å². The summed E-state index contributed by atoms with van der Waals surface area (Å²) in [4.78, 5) is 16.9. The predicted octanol–water partition coefficient (Wildman–Crippen LogP) is 5.19. The Hall–Kier alpha value is -1.42. The van der Waals surface area contributed by atoms with Gasteiger partial charge < -0.3 is 9.84 Å². The van der Waals surface area contributed by atoms with Gasteiger partial charge in [0.25, 0.3) is 0 Å². The van der Waals surface area contributed by atoms with Gasteiger partial charge in [-0.2, -0.15) is 0 Å². The van der Waals surface area contributed by atoms with Gasteiger partial charge in [0.15, 0.2) is 0 Å². The van der Waals surface area contributed by atoms with Crippen LogP contribution in [0.5, 0.6) is 0 Å². The van der Waals surface area contributed by atoms with Crippen molar-refractivity contribution in [3.63, 3.8) is 0 Å². The third kappa shape index (κ3) is 5.53. The quantitative estimate of drug-likeness (QED) is 0.762. The lowest BCUT2D eigenvalue weighted by Gasteiger charge is -2.35. The maximum absolute atomic E-state index is 12.2. The largest absolute Gasteiger partial charge is 0.462 e. The minimum absolute atomic E-state index is 0.0301.